The van der Waals surface area contributed by atoms with Crippen molar-refractivity contribution in [1.29, 1.82) is 0 Å². The molecule has 2 fully saturated rings. The fraction of sp³-hybridized carbons (Fsp3) is 0.632. The van der Waals surface area contributed by atoms with E-state index in [0.29, 0.717) is 31.9 Å². The number of hydrogen-bond donors (Lipinski definition) is 1. The van der Waals surface area contributed by atoms with Gasteiger partial charge in [-0.05, 0) is 43.9 Å². The second-order valence-corrected chi connectivity index (χ2v) is 9.27. The summed E-state index contributed by atoms with van der Waals surface area (Å²) in [5, 5.41) is 0. The van der Waals surface area contributed by atoms with Gasteiger partial charge in [0.2, 0.25) is 10.0 Å². The number of rotatable bonds is 4. The number of piperidine rings is 1. The van der Waals surface area contributed by atoms with E-state index in [0.717, 1.165) is 38.5 Å². The van der Waals surface area contributed by atoms with Crippen LogP contribution >= 0.6 is 0 Å². The second-order valence-electron chi connectivity index (χ2n) is 7.33. The number of amides is 1. The molecular weight excluding hydrogens is 366 g/mol. The Hall–Kier alpha value is -1.64. The van der Waals surface area contributed by atoms with Crippen molar-refractivity contribution in [2.24, 2.45) is 5.73 Å². The number of ether oxygens (including phenoxy) is 1. The maximum atomic E-state index is 13.1. The summed E-state index contributed by atoms with van der Waals surface area (Å²) in [6.45, 7) is 2.15. The highest BCUT2D eigenvalue weighted by molar-refractivity contribution is 7.89. The van der Waals surface area contributed by atoms with Crippen molar-refractivity contribution in [3.8, 4) is 5.75 Å². The van der Waals surface area contributed by atoms with Gasteiger partial charge in [-0.3, -0.25) is 4.79 Å². The molecule has 2 saturated heterocycles. The standard InChI is InChI=1S/C19H29N3O4S/c1-26-18-9-8-16(27(24,25)22-11-4-2-3-5-12-22)13-17(18)19(23)21-10-6-7-15(20)14-21/h8-9,13,15H,2-7,10-12,14,20H2,1H3. The molecule has 2 heterocycles. The zero-order valence-electron chi connectivity index (χ0n) is 15.9. The quantitative estimate of drug-likeness (QED) is 0.839. The van der Waals surface area contributed by atoms with Crippen molar-refractivity contribution < 1.29 is 17.9 Å². The molecule has 0 saturated carbocycles. The van der Waals surface area contributed by atoms with Crippen molar-refractivity contribution in [3.63, 3.8) is 0 Å². The van der Waals surface area contributed by atoms with Gasteiger partial charge in [-0.2, -0.15) is 4.31 Å². The number of nitrogens with two attached hydrogens (primary N) is 1. The highest BCUT2D eigenvalue weighted by Gasteiger charge is 2.29. The molecule has 0 aliphatic carbocycles. The molecule has 2 aliphatic heterocycles. The lowest BCUT2D eigenvalue weighted by Crippen LogP contribution is -2.45. The maximum Gasteiger partial charge on any atom is 0.257 e. The fourth-order valence-corrected chi connectivity index (χ4v) is 5.35. The Morgan fingerprint density at radius 3 is 2.44 bits per heavy atom. The summed E-state index contributed by atoms with van der Waals surface area (Å²) in [4.78, 5) is 14.9. The zero-order valence-corrected chi connectivity index (χ0v) is 16.7. The molecule has 1 aromatic carbocycles. The van der Waals surface area contributed by atoms with Crippen LogP contribution in [-0.2, 0) is 10.0 Å². The van der Waals surface area contributed by atoms with Gasteiger partial charge in [0.05, 0.1) is 17.6 Å². The summed E-state index contributed by atoms with van der Waals surface area (Å²) in [5.41, 5.74) is 6.28. The number of methoxy groups -OCH3 is 1. The number of carbonyl (C=O) groups excluding carboxylic acids is 1. The second kappa shape index (κ2) is 8.58. The Kier molecular flexibility index (Phi) is 6.39. The molecule has 1 unspecified atom stereocenters. The Morgan fingerprint density at radius 1 is 1.11 bits per heavy atom. The molecule has 1 aromatic rings. The molecule has 0 aromatic heterocycles. The number of sulfonamides is 1. The summed E-state index contributed by atoms with van der Waals surface area (Å²) in [5.74, 6) is 0.156. The van der Waals surface area contributed by atoms with Crippen molar-refractivity contribution >= 4 is 15.9 Å². The van der Waals surface area contributed by atoms with Gasteiger partial charge in [0.1, 0.15) is 5.75 Å². The van der Waals surface area contributed by atoms with Gasteiger partial charge >= 0.3 is 0 Å². The smallest absolute Gasteiger partial charge is 0.257 e. The SMILES string of the molecule is COc1ccc(S(=O)(=O)N2CCCCCC2)cc1C(=O)N1CCCC(N)C1. The molecule has 3 rings (SSSR count). The average Bonchev–Trinajstić information content (AvgIpc) is 2.97. The third-order valence-electron chi connectivity index (χ3n) is 5.35. The Morgan fingerprint density at radius 2 is 1.81 bits per heavy atom. The third-order valence-corrected chi connectivity index (χ3v) is 7.24. The number of nitrogens with zero attached hydrogens (tertiary/aromatic N) is 2. The van der Waals surface area contributed by atoms with Crippen molar-refractivity contribution in [3.05, 3.63) is 23.8 Å². The van der Waals surface area contributed by atoms with E-state index in [9.17, 15) is 13.2 Å². The van der Waals surface area contributed by atoms with Crippen LogP contribution in [0.15, 0.2) is 23.1 Å². The highest BCUT2D eigenvalue weighted by Crippen LogP contribution is 2.28. The van der Waals surface area contributed by atoms with Crippen LogP contribution in [0.3, 0.4) is 0 Å². The van der Waals surface area contributed by atoms with E-state index in [-0.39, 0.29) is 22.4 Å². The lowest BCUT2D eigenvalue weighted by atomic mass is 10.0. The molecular formula is C19H29N3O4S. The molecule has 2 aliphatic rings. The van der Waals surface area contributed by atoms with Gasteiger partial charge in [-0.15, -0.1) is 0 Å². The van der Waals surface area contributed by atoms with E-state index in [1.807, 2.05) is 0 Å². The number of likely N-dealkylation sites (tertiary alicyclic amines) is 1. The predicted octanol–water partition coefficient (Wildman–Crippen LogP) is 1.82. The van der Waals surface area contributed by atoms with Crippen molar-refractivity contribution in [1.82, 2.24) is 9.21 Å². The first-order valence-electron chi connectivity index (χ1n) is 9.66. The van der Waals surface area contributed by atoms with Crippen LogP contribution in [0.5, 0.6) is 5.75 Å². The van der Waals surface area contributed by atoms with Gasteiger partial charge < -0.3 is 15.4 Å². The first kappa shape index (κ1) is 20.1. The molecule has 8 heteroatoms. The molecule has 7 nitrogen and oxygen atoms in total. The summed E-state index contributed by atoms with van der Waals surface area (Å²) < 4.78 is 33.0. The van der Waals surface area contributed by atoms with Crippen LogP contribution < -0.4 is 10.5 Å². The number of benzene rings is 1. The van der Waals surface area contributed by atoms with Crippen LogP contribution in [0.2, 0.25) is 0 Å². The summed E-state index contributed by atoms with van der Waals surface area (Å²) in [6.07, 6.45) is 5.58. The van der Waals surface area contributed by atoms with Crippen molar-refractivity contribution in [2.45, 2.75) is 49.5 Å². The topological polar surface area (TPSA) is 92.9 Å². The van der Waals surface area contributed by atoms with E-state index in [4.69, 9.17) is 10.5 Å². The van der Waals surface area contributed by atoms with Crippen LogP contribution in [-0.4, -0.2) is 62.9 Å². The van der Waals surface area contributed by atoms with Gasteiger partial charge in [0.25, 0.3) is 5.91 Å². The Balaban J connectivity index is 1.91. The molecule has 0 bridgehead atoms. The Labute approximate surface area is 161 Å². The Bertz CT molecular complexity index is 773. The minimum absolute atomic E-state index is 0.0438. The van der Waals surface area contributed by atoms with E-state index >= 15 is 0 Å². The van der Waals surface area contributed by atoms with Gasteiger partial charge in [0, 0.05) is 32.2 Å². The molecule has 2 N–H and O–H groups in total. The highest BCUT2D eigenvalue weighted by atomic mass is 32.2. The summed E-state index contributed by atoms with van der Waals surface area (Å²) >= 11 is 0. The molecule has 0 spiro atoms. The first-order valence-corrected chi connectivity index (χ1v) is 11.1. The largest absolute Gasteiger partial charge is 0.496 e. The molecule has 0 radical (unpaired) electrons. The minimum Gasteiger partial charge on any atom is -0.496 e. The molecule has 1 atom stereocenters. The van der Waals surface area contributed by atoms with Gasteiger partial charge in [-0.25, -0.2) is 8.42 Å². The first-order chi connectivity index (χ1) is 12.9. The maximum absolute atomic E-state index is 13.1. The van der Waals surface area contributed by atoms with Crippen molar-refractivity contribution in [2.75, 3.05) is 33.3 Å². The zero-order chi connectivity index (χ0) is 19.4. The van der Waals surface area contributed by atoms with E-state index < -0.39 is 10.0 Å². The van der Waals surface area contributed by atoms with Gasteiger partial charge in [-0.1, -0.05) is 12.8 Å². The van der Waals surface area contributed by atoms with Crippen LogP contribution in [0.4, 0.5) is 0 Å². The van der Waals surface area contributed by atoms with Gasteiger partial charge in [0.15, 0.2) is 0 Å². The lowest BCUT2D eigenvalue weighted by molar-refractivity contribution is 0.0705. The fourth-order valence-electron chi connectivity index (χ4n) is 3.81. The summed E-state index contributed by atoms with van der Waals surface area (Å²) in [6, 6.07) is 4.51. The van der Waals surface area contributed by atoms with Crippen LogP contribution in [0, 0.1) is 0 Å². The predicted molar refractivity (Wildman–Crippen MR) is 103 cm³/mol. The summed E-state index contributed by atoms with van der Waals surface area (Å²) in [7, 11) is -2.14. The normalized spacial score (nSPS) is 22.3. The lowest BCUT2D eigenvalue weighted by Gasteiger charge is -2.31. The molecule has 27 heavy (non-hydrogen) atoms. The van der Waals surface area contributed by atoms with Crippen LogP contribution in [0.25, 0.3) is 0 Å². The average molecular weight is 396 g/mol. The van der Waals surface area contributed by atoms with Crippen LogP contribution in [0.1, 0.15) is 48.9 Å². The van der Waals surface area contributed by atoms with E-state index in [1.165, 1.54) is 23.5 Å². The van der Waals surface area contributed by atoms with E-state index in [1.54, 1.807) is 11.0 Å². The number of carbonyl (C=O) groups is 1. The molecule has 1 amide bonds. The van der Waals surface area contributed by atoms with E-state index in [2.05, 4.69) is 0 Å². The third kappa shape index (κ3) is 4.44. The monoisotopic (exact) mass is 395 g/mol. The molecule has 150 valence electrons. The minimum atomic E-state index is -3.63. The number of hydrogen-bond acceptors (Lipinski definition) is 5.